The Kier molecular flexibility index (Phi) is 10.9. The summed E-state index contributed by atoms with van der Waals surface area (Å²) in [6, 6.07) is 18.3. The highest BCUT2D eigenvalue weighted by Gasteiger charge is 2.43. The highest BCUT2D eigenvalue weighted by molar-refractivity contribution is 7.20. The average molecular weight is 632 g/mol. The van der Waals surface area contributed by atoms with Gasteiger partial charge in [-0.3, -0.25) is 9.59 Å². The second kappa shape index (κ2) is 15.2. The second-order valence-corrected chi connectivity index (χ2v) is 14.7. The van der Waals surface area contributed by atoms with Gasteiger partial charge in [-0.2, -0.15) is 0 Å². The molecule has 6 rings (SSSR count). The van der Waals surface area contributed by atoms with E-state index in [0.29, 0.717) is 36.7 Å². The number of nitrogens with zero attached hydrogens (tertiary/aromatic N) is 1. The molecule has 3 aliphatic rings. The predicted molar refractivity (Wildman–Crippen MR) is 181 cm³/mol. The summed E-state index contributed by atoms with van der Waals surface area (Å²) in [4.78, 5) is 30.8. The lowest BCUT2D eigenvalue weighted by Crippen LogP contribution is -2.59. The maximum atomic E-state index is 14.0. The Balaban J connectivity index is 1.05. The Morgan fingerprint density at radius 1 is 1.00 bits per heavy atom. The molecule has 7 nitrogen and oxygen atoms in total. The summed E-state index contributed by atoms with van der Waals surface area (Å²) in [5.74, 6) is 1.08. The highest BCUT2D eigenvalue weighted by atomic mass is 32.1. The molecular weight excluding hydrogens is 582 g/mol. The molecule has 2 aromatic carbocycles. The van der Waals surface area contributed by atoms with Crippen molar-refractivity contribution in [3.63, 3.8) is 0 Å². The van der Waals surface area contributed by atoms with Crippen molar-refractivity contribution in [2.45, 2.75) is 76.3 Å². The summed E-state index contributed by atoms with van der Waals surface area (Å²) in [5, 5.41) is 7.60. The third-order valence-corrected chi connectivity index (χ3v) is 11.1. The van der Waals surface area contributed by atoms with Gasteiger partial charge in [-0.25, -0.2) is 0 Å². The monoisotopic (exact) mass is 631 g/mol. The second-order valence-electron chi connectivity index (χ2n) is 13.6. The number of carbonyl (C=O) groups is 2. The molecule has 1 aliphatic carbocycles. The van der Waals surface area contributed by atoms with Crippen molar-refractivity contribution in [2.24, 2.45) is 11.8 Å². The van der Waals surface area contributed by atoms with Crippen LogP contribution in [0.15, 0.2) is 54.6 Å². The van der Waals surface area contributed by atoms with Crippen molar-refractivity contribution in [2.75, 3.05) is 46.1 Å². The van der Waals surface area contributed by atoms with E-state index in [1.54, 1.807) is 0 Å². The van der Waals surface area contributed by atoms with Crippen LogP contribution in [0.5, 0.6) is 0 Å². The molecule has 3 heterocycles. The number of benzene rings is 2. The number of fused-ring (bicyclic) bond motifs is 1. The molecule has 1 aromatic heterocycles. The first-order valence-electron chi connectivity index (χ1n) is 17.0. The van der Waals surface area contributed by atoms with Crippen LogP contribution >= 0.6 is 11.3 Å². The van der Waals surface area contributed by atoms with Gasteiger partial charge < -0.3 is 25.0 Å². The van der Waals surface area contributed by atoms with Crippen molar-refractivity contribution in [1.29, 1.82) is 0 Å². The molecule has 2 saturated heterocycles. The summed E-state index contributed by atoms with van der Waals surface area (Å²) >= 11 is 1.49. The van der Waals surface area contributed by atoms with Crippen LogP contribution in [0.25, 0.3) is 10.1 Å². The van der Waals surface area contributed by atoms with Crippen LogP contribution in [-0.2, 0) is 20.7 Å². The molecule has 1 saturated carbocycles. The minimum Gasteiger partial charge on any atom is -0.381 e. The maximum Gasteiger partial charge on any atom is 0.262 e. The number of carbonyl (C=O) groups excluding carboxylic acids is 2. The van der Waals surface area contributed by atoms with Gasteiger partial charge in [-0.05, 0) is 105 Å². The van der Waals surface area contributed by atoms with Gasteiger partial charge in [-0.15, -0.1) is 11.3 Å². The van der Waals surface area contributed by atoms with E-state index >= 15 is 0 Å². The van der Waals surface area contributed by atoms with E-state index in [-0.39, 0.29) is 17.9 Å². The minimum atomic E-state index is -0.893. The van der Waals surface area contributed by atoms with E-state index in [9.17, 15) is 9.59 Å². The van der Waals surface area contributed by atoms with Crippen LogP contribution in [0.4, 0.5) is 0 Å². The van der Waals surface area contributed by atoms with E-state index in [2.05, 4.69) is 52.8 Å². The van der Waals surface area contributed by atoms with Gasteiger partial charge in [0.25, 0.3) is 5.91 Å². The van der Waals surface area contributed by atoms with Crippen molar-refractivity contribution >= 4 is 33.2 Å². The summed E-state index contributed by atoms with van der Waals surface area (Å²) in [5.41, 5.74) is 1.44. The zero-order valence-corrected chi connectivity index (χ0v) is 27.5. The Morgan fingerprint density at radius 3 is 2.51 bits per heavy atom. The van der Waals surface area contributed by atoms with Gasteiger partial charge in [0.1, 0.15) is 5.54 Å². The van der Waals surface area contributed by atoms with E-state index in [0.717, 1.165) is 80.2 Å². The number of rotatable bonds is 12. The Hall–Kier alpha value is -2.78. The quantitative estimate of drug-likeness (QED) is 0.251. The fourth-order valence-electron chi connectivity index (χ4n) is 7.30. The largest absolute Gasteiger partial charge is 0.381 e. The third-order valence-electron chi connectivity index (χ3n) is 10.0. The zero-order valence-electron chi connectivity index (χ0n) is 26.7. The van der Waals surface area contributed by atoms with E-state index in [1.807, 2.05) is 24.3 Å². The van der Waals surface area contributed by atoms with Gasteiger partial charge in [-0.1, -0.05) is 55.3 Å². The third kappa shape index (κ3) is 8.53. The van der Waals surface area contributed by atoms with Crippen LogP contribution in [0.1, 0.15) is 72.2 Å². The summed E-state index contributed by atoms with van der Waals surface area (Å²) in [7, 11) is 0. The molecule has 0 bridgehead atoms. The van der Waals surface area contributed by atoms with Crippen molar-refractivity contribution in [3.8, 4) is 0 Å². The highest BCUT2D eigenvalue weighted by Crippen LogP contribution is 2.32. The number of ether oxygens (including phenoxy) is 2. The lowest BCUT2D eigenvalue weighted by atomic mass is 9.94. The number of aryl methyl sites for hydroxylation is 1. The number of amides is 2. The SMILES string of the molecule is Cc1ccc2cc(C(=O)NC3(C(=O)N[C@@H](COCC4CCN(CC5CCOCC5)CC4)Cc4ccccc4)CCCC3)sc2c1. The fraction of sp³-hybridized carbons (Fsp3) is 0.568. The summed E-state index contributed by atoms with van der Waals surface area (Å²) in [6.07, 6.45) is 8.53. The van der Waals surface area contributed by atoms with Crippen LogP contribution in [0.3, 0.4) is 0 Å². The number of hydrogen-bond acceptors (Lipinski definition) is 6. The van der Waals surface area contributed by atoms with E-state index in [1.165, 1.54) is 36.3 Å². The molecule has 45 heavy (non-hydrogen) atoms. The zero-order chi connectivity index (χ0) is 31.1. The van der Waals surface area contributed by atoms with Crippen LogP contribution in [-0.4, -0.2) is 74.4 Å². The first-order chi connectivity index (χ1) is 22.0. The van der Waals surface area contributed by atoms with Crippen LogP contribution in [0, 0.1) is 18.8 Å². The maximum absolute atomic E-state index is 14.0. The summed E-state index contributed by atoms with van der Waals surface area (Å²) < 4.78 is 13.0. The van der Waals surface area contributed by atoms with Gasteiger partial charge in [0.15, 0.2) is 0 Å². The summed E-state index contributed by atoms with van der Waals surface area (Å²) in [6.45, 7) is 8.54. The average Bonchev–Trinajstić information content (AvgIpc) is 3.71. The lowest BCUT2D eigenvalue weighted by molar-refractivity contribution is -0.128. The van der Waals surface area contributed by atoms with E-state index in [4.69, 9.17) is 9.47 Å². The van der Waals surface area contributed by atoms with E-state index < -0.39 is 5.54 Å². The molecule has 1 atom stereocenters. The Labute approximate surface area is 272 Å². The standard InChI is InChI=1S/C37H49N3O4S/c1-27-9-10-31-23-34(45-33(31)21-27)35(41)39-37(15-5-6-16-37)36(42)38-32(22-28-7-3-2-4-8-28)26-44-25-30-11-17-40(18-12-30)24-29-13-19-43-20-14-29/h2-4,7-10,21,23,29-30,32H,5-6,11-20,22,24-26H2,1H3,(H,38,42)(H,39,41)/t32-/m1/s1. The molecule has 242 valence electrons. The first-order valence-corrected chi connectivity index (χ1v) is 17.8. The van der Waals surface area contributed by atoms with Gasteiger partial charge in [0.2, 0.25) is 5.91 Å². The number of piperidine rings is 1. The number of thiophene rings is 1. The molecule has 3 aromatic rings. The molecule has 2 aliphatic heterocycles. The molecule has 8 heteroatoms. The van der Waals surface area contributed by atoms with Gasteiger partial charge >= 0.3 is 0 Å². The molecule has 2 amide bonds. The molecule has 0 unspecified atom stereocenters. The molecule has 0 radical (unpaired) electrons. The molecule has 2 N–H and O–H groups in total. The molecule has 0 spiro atoms. The lowest BCUT2D eigenvalue weighted by Gasteiger charge is -2.35. The smallest absolute Gasteiger partial charge is 0.262 e. The van der Waals surface area contributed by atoms with Crippen molar-refractivity contribution < 1.29 is 19.1 Å². The van der Waals surface area contributed by atoms with Gasteiger partial charge in [0.05, 0.1) is 17.5 Å². The minimum absolute atomic E-state index is 0.0868. The van der Waals surface area contributed by atoms with Crippen LogP contribution < -0.4 is 10.6 Å². The normalized spacial score (nSPS) is 20.3. The predicted octanol–water partition coefficient (Wildman–Crippen LogP) is 6.14. The molecular formula is C37H49N3O4S. The van der Waals surface area contributed by atoms with Crippen molar-refractivity contribution in [3.05, 3.63) is 70.6 Å². The number of hydrogen-bond donors (Lipinski definition) is 2. The Bertz CT molecular complexity index is 1410. The van der Waals surface area contributed by atoms with Gasteiger partial charge in [0, 0.05) is 31.1 Å². The number of nitrogens with one attached hydrogen (secondary N) is 2. The first kappa shape index (κ1) is 32.2. The Morgan fingerprint density at radius 2 is 1.76 bits per heavy atom. The fourth-order valence-corrected chi connectivity index (χ4v) is 8.35. The topological polar surface area (TPSA) is 79.9 Å². The molecule has 3 fully saturated rings. The number of likely N-dealkylation sites (tertiary alicyclic amines) is 1. The van der Waals surface area contributed by atoms with Crippen molar-refractivity contribution in [1.82, 2.24) is 15.5 Å². The van der Waals surface area contributed by atoms with Crippen LogP contribution in [0.2, 0.25) is 0 Å².